The van der Waals surface area contributed by atoms with E-state index in [0.29, 0.717) is 0 Å². The molecule has 0 aliphatic carbocycles. The van der Waals surface area contributed by atoms with Gasteiger partial charge in [-0.25, -0.2) is 0 Å². The minimum absolute atomic E-state index is 1.19. The van der Waals surface area contributed by atoms with E-state index in [4.69, 9.17) is 5.16 Å². The molecule has 0 heterocycles. The lowest BCUT2D eigenvalue weighted by Gasteiger charge is -1.70. The predicted molar refractivity (Wildman–Crippen MR) is 50.0 cm³/mol. The van der Waals surface area contributed by atoms with Crippen molar-refractivity contribution in [1.82, 2.24) is 0 Å². The molecule has 0 rings (SSSR count). The van der Waals surface area contributed by atoms with Crippen molar-refractivity contribution in [2.45, 2.75) is 0 Å². The minimum Gasteiger partial charge on any atom is -0.309 e. The molecule has 0 saturated carbocycles. The molecule has 0 aliphatic heterocycles. The zero-order valence-electron chi connectivity index (χ0n) is 5.58. The van der Waals surface area contributed by atoms with Crippen LogP contribution in [0.15, 0.2) is 0 Å². The molecule has 0 amide bonds. The van der Waals surface area contributed by atoms with E-state index in [9.17, 15) is 0 Å². The third-order valence-electron chi connectivity index (χ3n) is 0.510. The summed E-state index contributed by atoms with van der Waals surface area (Å²) < 4.78 is 0. The van der Waals surface area contributed by atoms with Crippen LogP contribution in [0.1, 0.15) is 0 Å². The van der Waals surface area contributed by atoms with Gasteiger partial charge in [0.05, 0.1) is 0 Å². The first-order valence-corrected chi connectivity index (χ1v) is 5.12. The topological polar surface area (TPSA) is 23.9 Å². The van der Waals surface area contributed by atoms with Crippen molar-refractivity contribution in [2.75, 3.05) is 6.66 Å². The van der Waals surface area contributed by atoms with Crippen molar-refractivity contribution in [3.8, 4) is 35.0 Å². The highest BCUT2D eigenvalue weighted by molar-refractivity contribution is 7.50. The van der Waals surface area contributed by atoms with E-state index >= 15 is 0 Å². The van der Waals surface area contributed by atoms with Gasteiger partial charge in [-0.15, -0.1) is 0 Å². The van der Waals surface area contributed by atoms with Crippen LogP contribution in [-0.4, -0.2) is 6.66 Å². The van der Waals surface area contributed by atoms with E-state index in [0.717, 1.165) is 0 Å². The van der Waals surface area contributed by atoms with Crippen molar-refractivity contribution in [2.24, 2.45) is 0 Å². The van der Waals surface area contributed by atoms with Crippen molar-refractivity contribution in [3.05, 3.63) is 0 Å². The molecule has 0 aliphatic rings. The van der Waals surface area contributed by atoms with Crippen LogP contribution in [-0.2, 0) is 0 Å². The lowest BCUT2D eigenvalue weighted by Crippen LogP contribution is -1.49. The predicted octanol–water partition coefficient (Wildman–Crippen LogP) is 1.39. The van der Waals surface area contributed by atoms with Gasteiger partial charge in [0.15, 0.2) is 0 Å². The highest BCUT2D eigenvalue weighted by Crippen LogP contribution is 2.09. The summed E-state index contributed by atoms with van der Waals surface area (Å²) in [6, 6.07) is 0. The zero-order chi connectivity index (χ0) is 7.82. The van der Waals surface area contributed by atoms with Crippen LogP contribution in [0, 0.1) is 40.2 Å². The van der Waals surface area contributed by atoms with Gasteiger partial charge in [-0.2, -0.15) is 0 Å². The molecule has 2 unspecified atom stereocenters. The molecule has 0 aromatic heterocycles. The number of hydrogen-bond donors (Lipinski definition) is 1. The maximum atomic E-state index is 7.08. The zero-order valence-corrected chi connectivity index (χ0v) is 7.73. The fourth-order valence-electron chi connectivity index (χ4n) is 0.224. The first-order valence-electron chi connectivity index (χ1n) is 2.54. The summed E-state index contributed by atoms with van der Waals surface area (Å²) in [5, 5.41) is 7.08. The molecule has 1 nitrogen and oxygen atoms in total. The maximum Gasteiger partial charge on any atom is 0.0228 e. The number of hydrogen-bond acceptors (Lipinski definition) is 1. The summed E-state index contributed by atoms with van der Waals surface area (Å²) in [6.45, 7) is 1.79. The second-order valence-corrected chi connectivity index (χ2v) is 3.18. The molecule has 10 heavy (non-hydrogen) atoms. The molecule has 0 spiro atoms. The summed E-state index contributed by atoms with van der Waals surface area (Å²) in [7, 11) is 1.05. The van der Waals surface area contributed by atoms with Gasteiger partial charge < -0.3 is 5.16 Å². The molecular weight excluding hydrogens is 160 g/mol. The maximum absolute atomic E-state index is 7.08. The van der Waals surface area contributed by atoms with Gasteiger partial charge in [-0.3, -0.25) is 0 Å². The Labute approximate surface area is 64.5 Å². The van der Waals surface area contributed by atoms with Crippen molar-refractivity contribution < 1.29 is 0 Å². The highest BCUT2D eigenvalue weighted by atomic mass is 31.1. The minimum atomic E-state index is -1.19. The van der Waals surface area contributed by atoms with Crippen LogP contribution in [0.5, 0.6) is 0 Å². The second kappa shape index (κ2) is 6.46. The lowest BCUT2D eigenvalue weighted by atomic mass is 10.6. The van der Waals surface area contributed by atoms with Crippen LogP contribution in [0.25, 0.3) is 0 Å². The monoisotopic (exact) mass is 167 g/mol. The smallest absolute Gasteiger partial charge is 0.0228 e. The average Bonchev–Trinajstić information content (AvgIpc) is 1.87. The molecule has 0 aromatic rings. The normalized spacial score (nSPS) is 8.60. The molecule has 0 fully saturated rings. The summed E-state index contributed by atoms with van der Waals surface area (Å²) in [5.74, 6) is 10.1. The second-order valence-electron chi connectivity index (χ2n) is 1.39. The molecule has 0 bridgehead atoms. The molecule has 2 atom stereocenters. The third kappa shape index (κ3) is 7.34. The quantitative estimate of drug-likeness (QED) is 0.416. The molecular formula is C7H7NP2. The van der Waals surface area contributed by atoms with Crippen molar-refractivity contribution in [3.63, 3.8) is 0 Å². The van der Waals surface area contributed by atoms with Crippen LogP contribution in [0.4, 0.5) is 0 Å². The average molecular weight is 167 g/mol. The molecule has 50 valence electrons. The Morgan fingerprint density at radius 3 is 2.30 bits per heavy atom. The van der Waals surface area contributed by atoms with E-state index in [1.165, 1.54) is 0 Å². The molecule has 1 N–H and O–H groups in total. The van der Waals surface area contributed by atoms with Gasteiger partial charge in [0.1, 0.15) is 0 Å². The third-order valence-corrected chi connectivity index (χ3v) is 1.15. The standard InChI is InChI=1S/C7H7NP2/c1-10(8)7-5-3-2-4-6-9/h8,10H,9H2,1H3. The Kier molecular flexibility index (Phi) is 6.03. The first kappa shape index (κ1) is 9.34. The molecule has 0 saturated heterocycles. The summed E-state index contributed by atoms with van der Waals surface area (Å²) >= 11 is 0. The lowest BCUT2D eigenvalue weighted by molar-refractivity contribution is 1.63. The van der Waals surface area contributed by atoms with Gasteiger partial charge in [0, 0.05) is 7.71 Å². The van der Waals surface area contributed by atoms with E-state index in [2.05, 4.69) is 44.2 Å². The first-order chi connectivity index (χ1) is 4.77. The van der Waals surface area contributed by atoms with Gasteiger partial charge in [-0.05, 0) is 36.0 Å². The summed E-state index contributed by atoms with van der Waals surface area (Å²) in [6.07, 6.45) is 0. The SMILES string of the molecule is C[PH](=N)C#CC#CC#CP. The van der Waals surface area contributed by atoms with Gasteiger partial charge in [-0.1, -0.05) is 14.9 Å². The summed E-state index contributed by atoms with van der Waals surface area (Å²) in [4.78, 5) is 0. The molecule has 0 radical (unpaired) electrons. The van der Waals surface area contributed by atoms with E-state index in [-0.39, 0.29) is 0 Å². The number of nitrogens with one attached hydrogen (secondary N) is 1. The molecule has 0 aromatic carbocycles. The van der Waals surface area contributed by atoms with Crippen molar-refractivity contribution >= 4 is 17.0 Å². The van der Waals surface area contributed by atoms with Gasteiger partial charge in [0.2, 0.25) is 0 Å². The van der Waals surface area contributed by atoms with Crippen LogP contribution >= 0.6 is 17.0 Å². The number of rotatable bonds is 0. The molecule has 3 heteroatoms. The van der Waals surface area contributed by atoms with E-state index < -0.39 is 7.71 Å². The largest absolute Gasteiger partial charge is 0.309 e. The Bertz CT molecular complexity index is 298. The van der Waals surface area contributed by atoms with Gasteiger partial charge in [0.25, 0.3) is 0 Å². The van der Waals surface area contributed by atoms with E-state index in [1.54, 1.807) is 6.66 Å². The van der Waals surface area contributed by atoms with Crippen molar-refractivity contribution in [1.29, 1.82) is 5.16 Å². The fraction of sp³-hybridized carbons (Fsp3) is 0.143. The Morgan fingerprint density at radius 2 is 1.80 bits per heavy atom. The Morgan fingerprint density at radius 1 is 1.20 bits per heavy atom. The highest BCUT2D eigenvalue weighted by Gasteiger charge is 1.65. The van der Waals surface area contributed by atoms with Crippen LogP contribution in [0.2, 0.25) is 0 Å². The summed E-state index contributed by atoms with van der Waals surface area (Å²) in [5.41, 5.74) is 5.22. The van der Waals surface area contributed by atoms with Crippen LogP contribution < -0.4 is 0 Å². The Hall–Kier alpha value is -0.660. The fourth-order valence-corrected chi connectivity index (χ4v) is 0.546. The van der Waals surface area contributed by atoms with Gasteiger partial charge >= 0.3 is 0 Å². The van der Waals surface area contributed by atoms with Crippen LogP contribution in [0.3, 0.4) is 0 Å². The Balaban J connectivity index is 3.98. The van der Waals surface area contributed by atoms with E-state index in [1.807, 2.05) is 0 Å².